The van der Waals surface area contributed by atoms with Crippen LogP contribution in [0.1, 0.15) is 30.9 Å². The van der Waals surface area contributed by atoms with Gasteiger partial charge < -0.3 is 14.4 Å². The summed E-state index contributed by atoms with van der Waals surface area (Å²) in [6.45, 7) is 7.34. The number of rotatable bonds is 7. The molecule has 2 saturated heterocycles. The number of pyridine rings is 2. The molecule has 4 aliphatic heterocycles. The second-order valence-electron chi connectivity index (χ2n) is 10.5. The van der Waals surface area contributed by atoms with E-state index in [9.17, 15) is 0 Å². The minimum absolute atomic E-state index is 0.0811. The fraction of sp³-hybridized carbons (Fsp3) is 0.429. The van der Waals surface area contributed by atoms with E-state index in [2.05, 4.69) is 60.3 Å². The molecule has 0 amide bonds. The highest BCUT2D eigenvalue weighted by Gasteiger charge is 2.51. The van der Waals surface area contributed by atoms with Gasteiger partial charge in [-0.25, -0.2) is 20.8 Å². The molecule has 10 heteroatoms. The number of aromatic nitrogens is 2. The largest absolute Gasteiger partial charge is 0.492 e. The Labute approximate surface area is 222 Å². The van der Waals surface area contributed by atoms with Crippen molar-refractivity contribution >= 4 is 11.4 Å². The average molecular weight is 515 g/mol. The predicted octanol–water partition coefficient (Wildman–Crippen LogP) is 2.12. The first-order chi connectivity index (χ1) is 18.7. The number of piperazine rings is 1. The maximum Gasteiger partial charge on any atom is 0.212 e. The summed E-state index contributed by atoms with van der Waals surface area (Å²) in [5.74, 6) is 2.55. The molecule has 5 aliphatic rings. The summed E-state index contributed by atoms with van der Waals surface area (Å²) in [7, 11) is 1.65. The van der Waals surface area contributed by atoms with Crippen molar-refractivity contribution in [3.05, 3.63) is 77.1 Å². The topological polar surface area (TPSA) is 90.1 Å². The Morgan fingerprint density at radius 2 is 2.03 bits per heavy atom. The third-order valence-electron chi connectivity index (χ3n) is 8.18. The van der Waals surface area contributed by atoms with Gasteiger partial charge in [-0.2, -0.15) is 0 Å². The molecular weight excluding hydrogens is 480 g/mol. The van der Waals surface area contributed by atoms with E-state index < -0.39 is 0 Å². The molecule has 1 unspecified atom stereocenters. The first kappa shape index (κ1) is 23.7. The zero-order chi connectivity index (χ0) is 25.7. The molecule has 1 spiro atoms. The summed E-state index contributed by atoms with van der Waals surface area (Å²) in [6.07, 6.45) is 10.6. The van der Waals surface area contributed by atoms with Crippen LogP contribution in [0.4, 0.5) is 5.82 Å². The molecule has 198 valence electrons. The highest BCUT2D eigenvalue weighted by Crippen LogP contribution is 2.46. The Morgan fingerprint density at radius 1 is 1.11 bits per heavy atom. The minimum atomic E-state index is 0.0811. The summed E-state index contributed by atoms with van der Waals surface area (Å²) >= 11 is 0. The van der Waals surface area contributed by atoms with Crippen LogP contribution in [0.2, 0.25) is 0 Å². The SMILES string of the molecule is CCOC1=CN2NC3NNCC3=C2C(c2ccc(N3CCN(Cc4ccc(OC)nc4)C4(CC4)C3)nc2)=C1. The van der Waals surface area contributed by atoms with Crippen molar-refractivity contribution in [2.75, 3.05) is 44.8 Å². The Morgan fingerprint density at radius 3 is 2.76 bits per heavy atom. The number of allylic oxidation sites excluding steroid dienone is 2. The molecule has 1 aliphatic carbocycles. The fourth-order valence-corrected chi connectivity index (χ4v) is 6.02. The number of hydrogen-bond donors (Lipinski definition) is 3. The third kappa shape index (κ3) is 4.14. The lowest BCUT2D eigenvalue weighted by atomic mass is 9.97. The molecule has 3 N–H and O–H groups in total. The van der Waals surface area contributed by atoms with Crippen LogP contribution in [0, 0.1) is 0 Å². The highest BCUT2D eigenvalue weighted by atomic mass is 16.5. The number of ether oxygens (including phenoxy) is 2. The number of hydrazine groups is 2. The molecule has 3 fully saturated rings. The summed E-state index contributed by atoms with van der Waals surface area (Å²) in [5, 5.41) is 2.08. The molecule has 0 aromatic carbocycles. The Balaban J connectivity index is 1.09. The van der Waals surface area contributed by atoms with Gasteiger partial charge in [0.2, 0.25) is 5.88 Å². The van der Waals surface area contributed by atoms with Crippen LogP contribution in [-0.2, 0) is 11.3 Å². The molecule has 10 nitrogen and oxygen atoms in total. The van der Waals surface area contributed by atoms with Crippen molar-refractivity contribution < 1.29 is 9.47 Å². The molecule has 7 rings (SSSR count). The van der Waals surface area contributed by atoms with E-state index in [0.29, 0.717) is 12.5 Å². The van der Waals surface area contributed by atoms with Gasteiger partial charge in [-0.3, -0.25) is 15.3 Å². The monoisotopic (exact) mass is 514 g/mol. The van der Waals surface area contributed by atoms with Crippen LogP contribution in [-0.4, -0.2) is 71.5 Å². The maximum atomic E-state index is 5.88. The van der Waals surface area contributed by atoms with Crippen LogP contribution in [0.15, 0.2) is 66.0 Å². The lowest BCUT2D eigenvalue weighted by molar-refractivity contribution is 0.148. The number of anilines is 1. The van der Waals surface area contributed by atoms with Crippen LogP contribution < -0.4 is 25.9 Å². The van der Waals surface area contributed by atoms with Gasteiger partial charge in [-0.1, -0.05) is 6.07 Å². The molecule has 38 heavy (non-hydrogen) atoms. The van der Waals surface area contributed by atoms with Crippen LogP contribution >= 0.6 is 0 Å². The molecule has 0 radical (unpaired) electrons. The first-order valence-electron chi connectivity index (χ1n) is 13.4. The predicted molar refractivity (Wildman–Crippen MR) is 144 cm³/mol. The van der Waals surface area contributed by atoms with Gasteiger partial charge in [0.15, 0.2) is 0 Å². The molecular formula is C28H34N8O2. The second kappa shape index (κ2) is 9.39. The van der Waals surface area contributed by atoms with E-state index >= 15 is 0 Å². The molecule has 2 aromatic rings. The van der Waals surface area contributed by atoms with Gasteiger partial charge in [-0.15, -0.1) is 0 Å². The number of hydrogen-bond acceptors (Lipinski definition) is 10. The Hall–Kier alpha value is -3.44. The van der Waals surface area contributed by atoms with E-state index in [1.54, 1.807) is 7.11 Å². The molecule has 1 saturated carbocycles. The van der Waals surface area contributed by atoms with Crippen molar-refractivity contribution in [2.45, 2.75) is 38.0 Å². The van der Waals surface area contributed by atoms with Gasteiger partial charge in [-0.05, 0) is 43.5 Å². The molecule has 0 bridgehead atoms. The number of methoxy groups -OCH3 is 1. The van der Waals surface area contributed by atoms with Crippen LogP contribution in [0.25, 0.3) is 5.57 Å². The molecule has 1 atom stereocenters. The van der Waals surface area contributed by atoms with E-state index in [1.165, 1.54) is 29.7 Å². The highest BCUT2D eigenvalue weighted by molar-refractivity contribution is 5.83. The second-order valence-corrected chi connectivity index (χ2v) is 10.5. The number of nitrogens with one attached hydrogen (secondary N) is 3. The third-order valence-corrected chi connectivity index (χ3v) is 8.18. The van der Waals surface area contributed by atoms with Crippen LogP contribution in [0.5, 0.6) is 5.88 Å². The van der Waals surface area contributed by atoms with E-state index in [0.717, 1.165) is 55.4 Å². The molecule has 6 heterocycles. The standard InChI is InChI=1S/C28H34N8O2/c1-3-38-21-12-22(26-23-15-31-32-27(23)33-36(26)17-21)20-5-6-24(29-14-20)34-10-11-35(28(18-34)8-9-28)16-19-4-7-25(37-2)30-13-19/h4-7,12-14,17,27,31-33H,3,8-11,15-16,18H2,1-2H3. The number of nitrogens with zero attached hydrogens (tertiary/aromatic N) is 5. The van der Waals surface area contributed by atoms with Crippen molar-refractivity contribution in [3.8, 4) is 5.88 Å². The summed E-state index contributed by atoms with van der Waals surface area (Å²) in [6, 6.07) is 8.45. The van der Waals surface area contributed by atoms with Gasteiger partial charge in [0.25, 0.3) is 0 Å². The zero-order valence-electron chi connectivity index (χ0n) is 21.9. The summed E-state index contributed by atoms with van der Waals surface area (Å²) in [4.78, 5) is 14.4. The van der Waals surface area contributed by atoms with Gasteiger partial charge in [0.1, 0.15) is 17.7 Å². The fourth-order valence-electron chi connectivity index (χ4n) is 6.02. The maximum absolute atomic E-state index is 5.88. The Kier molecular flexibility index (Phi) is 5.85. The van der Waals surface area contributed by atoms with E-state index in [1.807, 2.05) is 31.6 Å². The molecule has 2 aromatic heterocycles. The van der Waals surface area contributed by atoms with E-state index in [-0.39, 0.29) is 11.7 Å². The van der Waals surface area contributed by atoms with Gasteiger partial charge in [0, 0.05) is 73.4 Å². The quantitative estimate of drug-likeness (QED) is 0.511. The lowest BCUT2D eigenvalue weighted by Gasteiger charge is -2.42. The smallest absolute Gasteiger partial charge is 0.212 e. The van der Waals surface area contributed by atoms with Gasteiger partial charge in [0.05, 0.1) is 25.6 Å². The summed E-state index contributed by atoms with van der Waals surface area (Å²) < 4.78 is 11.1. The zero-order valence-corrected chi connectivity index (χ0v) is 21.9. The first-order valence-corrected chi connectivity index (χ1v) is 13.4. The number of fused-ring (bicyclic) bond motifs is 2. The lowest BCUT2D eigenvalue weighted by Crippen LogP contribution is -2.54. The minimum Gasteiger partial charge on any atom is -0.492 e. The normalized spacial score (nSPS) is 23.8. The summed E-state index contributed by atoms with van der Waals surface area (Å²) in [5.41, 5.74) is 16.2. The van der Waals surface area contributed by atoms with Crippen LogP contribution in [0.3, 0.4) is 0 Å². The van der Waals surface area contributed by atoms with Crippen molar-refractivity contribution in [1.82, 2.24) is 36.2 Å². The van der Waals surface area contributed by atoms with Gasteiger partial charge >= 0.3 is 0 Å². The average Bonchev–Trinajstić information content (AvgIpc) is 3.40. The van der Waals surface area contributed by atoms with Crippen molar-refractivity contribution in [3.63, 3.8) is 0 Å². The Bertz CT molecular complexity index is 1300. The van der Waals surface area contributed by atoms with Crippen molar-refractivity contribution in [1.29, 1.82) is 0 Å². The van der Waals surface area contributed by atoms with Crippen molar-refractivity contribution in [2.24, 2.45) is 0 Å². The van der Waals surface area contributed by atoms with E-state index in [4.69, 9.17) is 14.5 Å².